The van der Waals surface area contributed by atoms with E-state index in [1.54, 1.807) is 11.8 Å². The van der Waals surface area contributed by atoms with Crippen molar-refractivity contribution in [3.63, 3.8) is 0 Å². The molecule has 1 aromatic carbocycles. The fourth-order valence-electron chi connectivity index (χ4n) is 3.45. The molecule has 1 fully saturated rings. The molecule has 2 heterocycles. The third-order valence-electron chi connectivity index (χ3n) is 5.03. The standard InChI is InChI=1S/C22H29N3OS/c1-27-19-11-21(24-13-5-6-14-24)22(26)25-17-15-23(16-18-25)12-7-10-20-8-3-2-4-9-20/h2-10,13-14,21H,11-12,15-19H2,1H3. The lowest BCUT2D eigenvalue weighted by Gasteiger charge is -2.36. The Morgan fingerprint density at radius 1 is 1.07 bits per heavy atom. The quantitative estimate of drug-likeness (QED) is 0.697. The van der Waals surface area contributed by atoms with E-state index in [4.69, 9.17) is 0 Å². The second-order valence-corrected chi connectivity index (χ2v) is 7.85. The second kappa shape index (κ2) is 10.4. The van der Waals surface area contributed by atoms with Crippen molar-refractivity contribution in [2.24, 2.45) is 0 Å². The van der Waals surface area contributed by atoms with Gasteiger partial charge in [0, 0.05) is 45.1 Å². The summed E-state index contributed by atoms with van der Waals surface area (Å²) in [5.74, 6) is 1.26. The minimum Gasteiger partial charge on any atom is -0.342 e. The van der Waals surface area contributed by atoms with E-state index in [-0.39, 0.29) is 11.9 Å². The number of amides is 1. The molecule has 0 N–H and O–H groups in total. The summed E-state index contributed by atoms with van der Waals surface area (Å²) in [5, 5.41) is 0. The molecule has 3 rings (SSSR count). The first-order chi connectivity index (χ1) is 13.3. The smallest absolute Gasteiger partial charge is 0.245 e. The molecule has 2 aromatic rings. The summed E-state index contributed by atoms with van der Waals surface area (Å²) in [4.78, 5) is 17.5. The van der Waals surface area contributed by atoms with Crippen LogP contribution in [0.4, 0.5) is 0 Å². The molecule has 0 bridgehead atoms. The summed E-state index contributed by atoms with van der Waals surface area (Å²) in [6.07, 6.45) is 11.4. The van der Waals surface area contributed by atoms with Crippen molar-refractivity contribution in [3.05, 3.63) is 66.5 Å². The first-order valence-corrected chi connectivity index (χ1v) is 11.0. The predicted molar refractivity (Wildman–Crippen MR) is 115 cm³/mol. The number of benzene rings is 1. The van der Waals surface area contributed by atoms with E-state index < -0.39 is 0 Å². The molecule has 1 saturated heterocycles. The van der Waals surface area contributed by atoms with Crippen LogP contribution in [0.1, 0.15) is 18.0 Å². The van der Waals surface area contributed by atoms with Crippen LogP contribution in [0.5, 0.6) is 0 Å². The van der Waals surface area contributed by atoms with Gasteiger partial charge in [0.25, 0.3) is 0 Å². The molecule has 5 heteroatoms. The van der Waals surface area contributed by atoms with Gasteiger partial charge in [-0.15, -0.1) is 0 Å². The Morgan fingerprint density at radius 2 is 1.78 bits per heavy atom. The van der Waals surface area contributed by atoms with E-state index in [1.165, 1.54) is 5.56 Å². The highest BCUT2D eigenvalue weighted by atomic mass is 32.2. The van der Waals surface area contributed by atoms with Gasteiger partial charge in [-0.05, 0) is 36.1 Å². The summed E-state index contributed by atoms with van der Waals surface area (Å²) in [5.41, 5.74) is 1.23. The molecular formula is C22H29N3OS. The lowest BCUT2D eigenvalue weighted by atomic mass is 10.1. The van der Waals surface area contributed by atoms with E-state index in [0.29, 0.717) is 0 Å². The van der Waals surface area contributed by atoms with Crippen molar-refractivity contribution < 1.29 is 4.79 Å². The normalized spacial score (nSPS) is 16.7. The maximum absolute atomic E-state index is 13.1. The van der Waals surface area contributed by atoms with Gasteiger partial charge in [-0.1, -0.05) is 42.5 Å². The van der Waals surface area contributed by atoms with E-state index in [0.717, 1.165) is 44.9 Å². The van der Waals surface area contributed by atoms with E-state index in [2.05, 4.69) is 52.1 Å². The first kappa shape index (κ1) is 19.8. The van der Waals surface area contributed by atoms with Gasteiger partial charge in [0.1, 0.15) is 6.04 Å². The Hall–Kier alpha value is -1.98. The highest BCUT2D eigenvalue weighted by Gasteiger charge is 2.27. The summed E-state index contributed by atoms with van der Waals surface area (Å²) in [7, 11) is 0. The lowest BCUT2D eigenvalue weighted by Crippen LogP contribution is -2.50. The molecule has 27 heavy (non-hydrogen) atoms. The summed E-state index contributed by atoms with van der Waals surface area (Å²) in [6.45, 7) is 4.44. The van der Waals surface area contributed by atoms with Gasteiger partial charge in [-0.3, -0.25) is 9.69 Å². The molecule has 1 aliphatic rings. The number of carbonyl (C=O) groups excluding carboxylic acids is 1. The summed E-state index contributed by atoms with van der Waals surface area (Å²) < 4.78 is 2.06. The molecule has 0 spiro atoms. The Kier molecular flexibility index (Phi) is 7.60. The van der Waals surface area contributed by atoms with Crippen LogP contribution >= 0.6 is 11.8 Å². The largest absolute Gasteiger partial charge is 0.342 e. The third-order valence-corrected chi connectivity index (χ3v) is 5.67. The number of hydrogen-bond acceptors (Lipinski definition) is 3. The highest BCUT2D eigenvalue weighted by Crippen LogP contribution is 2.19. The van der Waals surface area contributed by atoms with Gasteiger partial charge in [0.05, 0.1) is 0 Å². The molecule has 1 atom stereocenters. The Labute approximate surface area is 166 Å². The van der Waals surface area contributed by atoms with Gasteiger partial charge in [-0.2, -0.15) is 11.8 Å². The zero-order valence-electron chi connectivity index (χ0n) is 16.0. The minimum absolute atomic E-state index is 0.0722. The average molecular weight is 384 g/mol. The van der Waals surface area contributed by atoms with Crippen LogP contribution < -0.4 is 0 Å². The van der Waals surface area contributed by atoms with Crippen molar-refractivity contribution in [3.8, 4) is 0 Å². The van der Waals surface area contributed by atoms with E-state index in [1.807, 2.05) is 35.5 Å². The van der Waals surface area contributed by atoms with Gasteiger partial charge in [0.2, 0.25) is 5.91 Å². The Balaban J connectivity index is 1.50. The van der Waals surface area contributed by atoms with Crippen LogP contribution in [0.25, 0.3) is 6.08 Å². The molecule has 0 saturated carbocycles. The number of rotatable bonds is 8. The molecule has 1 aromatic heterocycles. The van der Waals surface area contributed by atoms with Gasteiger partial charge in [-0.25, -0.2) is 0 Å². The third kappa shape index (κ3) is 5.75. The van der Waals surface area contributed by atoms with E-state index in [9.17, 15) is 4.79 Å². The van der Waals surface area contributed by atoms with Crippen molar-refractivity contribution >= 4 is 23.7 Å². The maximum Gasteiger partial charge on any atom is 0.245 e. The zero-order valence-corrected chi connectivity index (χ0v) is 16.9. The van der Waals surface area contributed by atoms with Crippen LogP contribution in [0, 0.1) is 0 Å². The van der Waals surface area contributed by atoms with Gasteiger partial charge < -0.3 is 9.47 Å². The molecule has 144 valence electrons. The van der Waals surface area contributed by atoms with Crippen molar-refractivity contribution in [2.45, 2.75) is 12.5 Å². The SMILES string of the molecule is CSCCC(C(=O)N1CCN(CC=Cc2ccccc2)CC1)n1cccc1. The summed E-state index contributed by atoms with van der Waals surface area (Å²) in [6, 6.07) is 14.3. The number of piperazine rings is 1. The van der Waals surface area contributed by atoms with Crippen LogP contribution in [-0.4, -0.2) is 65.0 Å². The number of nitrogens with zero attached hydrogens (tertiary/aromatic N) is 3. The minimum atomic E-state index is -0.0722. The van der Waals surface area contributed by atoms with Crippen LogP contribution in [0.2, 0.25) is 0 Å². The predicted octanol–water partition coefficient (Wildman–Crippen LogP) is 3.64. The number of hydrogen-bond donors (Lipinski definition) is 0. The summed E-state index contributed by atoms with van der Waals surface area (Å²) >= 11 is 1.80. The Morgan fingerprint density at radius 3 is 2.44 bits per heavy atom. The van der Waals surface area contributed by atoms with Crippen LogP contribution in [-0.2, 0) is 4.79 Å². The molecule has 4 nitrogen and oxygen atoms in total. The lowest BCUT2D eigenvalue weighted by molar-refractivity contribution is -0.136. The molecular weight excluding hydrogens is 354 g/mol. The zero-order chi connectivity index (χ0) is 18.9. The molecule has 0 aliphatic carbocycles. The molecule has 1 aliphatic heterocycles. The molecule has 1 unspecified atom stereocenters. The van der Waals surface area contributed by atoms with Crippen LogP contribution in [0.3, 0.4) is 0 Å². The monoisotopic (exact) mass is 383 g/mol. The second-order valence-electron chi connectivity index (χ2n) is 6.87. The van der Waals surface area contributed by atoms with Crippen molar-refractivity contribution in [1.29, 1.82) is 0 Å². The average Bonchev–Trinajstić information content (AvgIpc) is 3.24. The van der Waals surface area contributed by atoms with Crippen molar-refractivity contribution in [1.82, 2.24) is 14.4 Å². The molecule has 0 radical (unpaired) electrons. The van der Waals surface area contributed by atoms with Crippen LogP contribution in [0.15, 0.2) is 60.9 Å². The van der Waals surface area contributed by atoms with Gasteiger partial charge in [0.15, 0.2) is 0 Å². The fraction of sp³-hybridized carbons (Fsp3) is 0.409. The maximum atomic E-state index is 13.1. The molecule has 1 amide bonds. The van der Waals surface area contributed by atoms with E-state index >= 15 is 0 Å². The topological polar surface area (TPSA) is 28.5 Å². The number of thioether (sulfide) groups is 1. The highest BCUT2D eigenvalue weighted by molar-refractivity contribution is 7.98. The van der Waals surface area contributed by atoms with Gasteiger partial charge >= 0.3 is 0 Å². The Bertz CT molecular complexity index is 706. The number of aromatic nitrogens is 1. The van der Waals surface area contributed by atoms with Crippen molar-refractivity contribution in [2.75, 3.05) is 44.7 Å². The number of carbonyl (C=O) groups is 1. The first-order valence-electron chi connectivity index (χ1n) is 9.62. The fourth-order valence-corrected chi connectivity index (χ4v) is 3.91.